The van der Waals surface area contributed by atoms with E-state index in [0.717, 1.165) is 10.6 Å². The third kappa shape index (κ3) is 3.43. The molecule has 0 amide bonds. The summed E-state index contributed by atoms with van der Waals surface area (Å²) in [6, 6.07) is 6.75. The second-order valence-electron chi connectivity index (χ2n) is 8.20. The van der Waals surface area contributed by atoms with E-state index in [0.29, 0.717) is 5.02 Å². The fraction of sp³-hybridized carbons (Fsp3) is 0.273. The van der Waals surface area contributed by atoms with Gasteiger partial charge in [0.05, 0.1) is 11.4 Å². The molecular weight excluding hydrogens is 416 g/mol. The van der Waals surface area contributed by atoms with E-state index in [1.807, 2.05) is 0 Å². The Morgan fingerprint density at radius 2 is 1.70 bits per heavy atom. The lowest BCUT2D eigenvalue weighted by atomic mass is 9.75. The van der Waals surface area contributed by atoms with Crippen LogP contribution in [0.3, 0.4) is 0 Å². The Bertz CT molecular complexity index is 1180. The van der Waals surface area contributed by atoms with E-state index in [4.69, 9.17) is 11.6 Å². The number of phenolic OH excluding ortho intramolecular Hbond substituents is 1. The number of nitrogens with zero attached hydrogens (tertiary/aromatic N) is 1. The van der Waals surface area contributed by atoms with E-state index in [1.165, 1.54) is 31.2 Å². The van der Waals surface area contributed by atoms with Crippen LogP contribution in [0, 0.1) is 24.0 Å². The van der Waals surface area contributed by atoms with Crippen LogP contribution < -0.4 is 0 Å². The zero-order valence-electron chi connectivity index (χ0n) is 16.8. The predicted octanol–water partition coefficient (Wildman–Crippen LogP) is 5.49. The molecule has 0 radical (unpaired) electrons. The summed E-state index contributed by atoms with van der Waals surface area (Å²) in [5.41, 5.74) is -0.667. The minimum absolute atomic E-state index is 0.0140. The minimum atomic E-state index is -1.30. The molecule has 1 heterocycles. The Morgan fingerprint density at radius 3 is 2.20 bits per heavy atom. The number of phenols is 1. The van der Waals surface area contributed by atoms with E-state index >= 15 is 4.39 Å². The summed E-state index contributed by atoms with van der Waals surface area (Å²) < 4.78 is 30.3. The van der Waals surface area contributed by atoms with Crippen molar-refractivity contribution in [3.8, 4) is 5.75 Å². The molecule has 30 heavy (non-hydrogen) atoms. The fourth-order valence-corrected chi connectivity index (χ4v) is 3.90. The third-order valence-electron chi connectivity index (χ3n) is 5.10. The summed E-state index contributed by atoms with van der Waals surface area (Å²) in [6.07, 6.45) is 0. The van der Waals surface area contributed by atoms with Crippen LogP contribution >= 0.6 is 11.6 Å². The maximum atomic E-state index is 15.0. The molecule has 2 N–H and O–H groups in total. The number of carbonyl (C=O) groups is 2. The van der Waals surface area contributed by atoms with Crippen molar-refractivity contribution >= 4 is 34.4 Å². The van der Waals surface area contributed by atoms with Crippen molar-refractivity contribution in [2.45, 2.75) is 33.6 Å². The van der Waals surface area contributed by atoms with E-state index in [2.05, 4.69) is 0 Å². The predicted molar refractivity (Wildman–Crippen MR) is 109 cm³/mol. The fourth-order valence-electron chi connectivity index (χ4n) is 3.77. The molecule has 0 fully saturated rings. The smallest absolute Gasteiger partial charge is 0.311 e. The van der Waals surface area contributed by atoms with Crippen LogP contribution in [-0.4, -0.2) is 26.7 Å². The molecule has 0 bridgehead atoms. The largest absolute Gasteiger partial charge is 0.503 e. The van der Waals surface area contributed by atoms with Gasteiger partial charge in [-0.05, 0) is 42.2 Å². The molecule has 2 aromatic carbocycles. The van der Waals surface area contributed by atoms with Gasteiger partial charge in [-0.1, -0.05) is 32.4 Å². The monoisotopic (exact) mass is 435 g/mol. The lowest BCUT2D eigenvalue weighted by Gasteiger charge is -2.28. The van der Waals surface area contributed by atoms with Crippen LogP contribution in [0.5, 0.6) is 5.75 Å². The maximum Gasteiger partial charge on any atom is 0.311 e. The van der Waals surface area contributed by atoms with Crippen molar-refractivity contribution in [3.63, 3.8) is 0 Å². The summed E-state index contributed by atoms with van der Waals surface area (Å²) in [4.78, 5) is 25.3. The number of hydrogen-bond donors (Lipinski definition) is 2. The lowest BCUT2D eigenvalue weighted by molar-refractivity contribution is -0.141. The number of aliphatic carboxylic acids is 1. The van der Waals surface area contributed by atoms with Crippen LogP contribution in [0.15, 0.2) is 30.3 Å². The van der Waals surface area contributed by atoms with E-state index in [-0.39, 0.29) is 27.7 Å². The summed E-state index contributed by atoms with van der Waals surface area (Å²) >= 11 is 5.87. The Kier molecular flexibility index (Phi) is 5.37. The van der Waals surface area contributed by atoms with Crippen molar-refractivity contribution < 1.29 is 28.6 Å². The normalized spacial score (nSPS) is 12.9. The first kappa shape index (κ1) is 21.8. The van der Waals surface area contributed by atoms with Gasteiger partial charge < -0.3 is 10.2 Å². The highest BCUT2D eigenvalue weighted by molar-refractivity contribution is 6.30. The summed E-state index contributed by atoms with van der Waals surface area (Å²) in [7, 11) is 0. The van der Waals surface area contributed by atoms with E-state index in [9.17, 15) is 24.2 Å². The molecule has 0 spiro atoms. The average Bonchev–Trinajstić information content (AvgIpc) is 2.90. The van der Waals surface area contributed by atoms with E-state index < -0.39 is 40.6 Å². The molecule has 0 aliphatic rings. The summed E-state index contributed by atoms with van der Waals surface area (Å²) in [5.74, 6) is -6.84. The maximum absolute atomic E-state index is 15.0. The topological polar surface area (TPSA) is 79.5 Å². The Hall–Kier alpha value is -2.93. The summed E-state index contributed by atoms with van der Waals surface area (Å²) in [6.45, 7) is 6.46. The zero-order chi connectivity index (χ0) is 22.5. The molecule has 0 saturated heterocycles. The SMILES string of the molecule is Cc1c(C(C(=O)O)C(C)(C)C)c2c(F)c(O)c(F)cc2n1C(=O)c1ccc(Cl)cc1. The number of carboxylic acids is 1. The highest BCUT2D eigenvalue weighted by Gasteiger charge is 2.39. The molecule has 0 aliphatic carbocycles. The standard InChI is InChI=1S/C22H20ClF2NO4/c1-10-15(17(21(29)30)22(2,3)4)16-14(9-13(24)19(27)18(16)25)26(10)20(28)11-5-7-12(23)8-6-11/h5-9,17,27H,1-4H3,(H,29,30). The highest BCUT2D eigenvalue weighted by Crippen LogP contribution is 2.44. The van der Waals surface area contributed by atoms with Gasteiger partial charge in [-0.25, -0.2) is 8.78 Å². The number of benzene rings is 2. The molecule has 0 aliphatic heterocycles. The molecule has 3 aromatic rings. The number of carbonyl (C=O) groups excluding carboxylic acids is 1. The van der Waals surface area contributed by atoms with Gasteiger partial charge >= 0.3 is 5.97 Å². The van der Waals surface area contributed by atoms with Crippen LogP contribution in [0.25, 0.3) is 10.9 Å². The molecule has 8 heteroatoms. The molecular formula is C22H20ClF2NO4. The van der Waals surface area contributed by atoms with Crippen molar-refractivity contribution in [3.05, 3.63) is 63.8 Å². The first-order valence-corrected chi connectivity index (χ1v) is 9.49. The Morgan fingerprint density at radius 1 is 1.13 bits per heavy atom. The van der Waals surface area contributed by atoms with Gasteiger partial charge in [0.2, 0.25) is 0 Å². The highest BCUT2D eigenvalue weighted by atomic mass is 35.5. The quantitative estimate of drug-likeness (QED) is 0.570. The first-order valence-electron chi connectivity index (χ1n) is 9.11. The van der Waals surface area contributed by atoms with Crippen LogP contribution in [0.2, 0.25) is 5.02 Å². The molecule has 1 atom stereocenters. The second-order valence-corrected chi connectivity index (χ2v) is 8.64. The Labute approximate surface area is 176 Å². The molecule has 5 nitrogen and oxygen atoms in total. The van der Waals surface area contributed by atoms with Crippen molar-refractivity contribution in [2.24, 2.45) is 5.41 Å². The number of fused-ring (bicyclic) bond motifs is 1. The number of hydrogen-bond acceptors (Lipinski definition) is 3. The van der Waals surface area contributed by atoms with Crippen molar-refractivity contribution in [1.82, 2.24) is 4.57 Å². The number of carboxylic acid groups (broad SMARTS) is 1. The van der Waals surface area contributed by atoms with Crippen LogP contribution in [0.1, 0.15) is 48.3 Å². The van der Waals surface area contributed by atoms with Gasteiger partial charge in [-0.2, -0.15) is 0 Å². The summed E-state index contributed by atoms with van der Waals surface area (Å²) in [5, 5.41) is 19.8. The number of aromatic nitrogens is 1. The van der Waals surface area contributed by atoms with Crippen LogP contribution in [0.4, 0.5) is 8.78 Å². The average molecular weight is 436 g/mol. The van der Waals surface area contributed by atoms with Gasteiger partial charge in [-0.3, -0.25) is 14.2 Å². The van der Waals surface area contributed by atoms with Crippen LogP contribution in [-0.2, 0) is 4.79 Å². The third-order valence-corrected chi connectivity index (χ3v) is 5.36. The first-order chi connectivity index (χ1) is 13.9. The van der Waals surface area contributed by atoms with Gasteiger partial charge in [-0.15, -0.1) is 0 Å². The number of aromatic hydroxyl groups is 1. The van der Waals surface area contributed by atoms with E-state index in [1.54, 1.807) is 20.8 Å². The van der Waals surface area contributed by atoms with Gasteiger partial charge in [0.25, 0.3) is 5.91 Å². The second kappa shape index (κ2) is 7.40. The van der Waals surface area contributed by atoms with Gasteiger partial charge in [0, 0.05) is 27.7 Å². The molecule has 158 valence electrons. The molecule has 1 aromatic heterocycles. The van der Waals surface area contributed by atoms with Gasteiger partial charge in [0.1, 0.15) is 0 Å². The van der Waals surface area contributed by atoms with Gasteiger partial charge in [0.15, 0.2) is 17.4 Å². The minimum Gasteiger partial charge on any atom is -0.503 e. The van der Waals surface area contributed by atoms with Crippen molar-refractivity contribution in [1.29, 1.82) is 0 Å². The molecule has 3 rings (SSSR count). The number of halogens is 3. The van der Waals surface area contributed by atoms with Crippen molar-refractivity contribution in [2.75, 3.05) is 0 Å². The lowest BCUT2D eigenvalue weighted by Crippen LogP contribution is -2.27. The molecule has 0 saturated carbocycles. The Balaban J connectivity index is 2.45. The zero-order valence-corrected chi connectivity index (χ0v) is 17.5. The molecule has 1 unspecified atom stereocenters. The number of rotatable bonds is 3.